The molecule has 2 nitrogen and oxygen atoms in total. The van der Waals surface area contributed by atoms with Crippen LogP contribution in [0.3, 0.4) is 0 Å². The number of carbonyl (C=O) groups is 1. The molecule has 3 aliphatic rings. The summed E-state index contributed by atoms with van der Waals surface area (Å²) in [6.45, 7) is 4.52. The van der Waals surface area contributed by atoms with Crippen molar-refractivity contribution < 1.29 is 9.79 Å². The molecule has 0 radical (unpaired) electrons. The summed E-state index contributed by atoms with van der Waals surface area (Å²) < 4.78 is 0. The van der Waals surface area contributed by atoms with E-state index in [0.717, 1.165) is 0 Å². The third kappa shape index (κ3) is 1.39. The minimum atomic E-state index is -0.0108. The van der Waals surface area contributed by atoms with E-state index >= 15 is 0 Å². The van der Waals surface area contributed by atoms with Crippen molar-refractivity contribution in [3.63, 3.8) is 0 Å². The second-order valence-electron chi connectivity index (χ2n) is 5.97. The molecule has 0 saturated heterocycles. The van der Waals surface area contributed by atoms with Gasteiger partial charge in [-0.3, -0.25) is 4.79 Å². The van der Waals surface area contributed by atoms with E-state index in [-0.39, 0.29) is 16.7 Å². The molecule has 2 atom stereocenters. The largest absolute Gasteiger partial charge is 0.290 e. The third-order valence-corrected chi connectivity index (χ3v) is 4.95. The Morgan fingerprint density at radius 2 is 2.00 bits per heavy atom. The second-order valence-corrected chi connectivity index (χ2v) is 5.97. The van der Waals surface area contributed by atoms with E-state index in [1.807, 2.05) is 0 Å². The zero-order valence-electron chi connectivity index (χ0n) is 10.6. The van der Waals surface area contributed by atoms with E-state index in [0.29, 0.717) is 5.92 Å². The van der Waals surface area contributed by atoms with Crippen LogP contribution < -0.4 is 4.99 Å². The molecule has 1 aliphatic heterocycles. The van der Waals surface area contributed by atoms with Crippen molar-refractivity contribution in [1.82, 2.24) is 0 Å². The van der Waals surface area contributed by atoms with Crippen LogP contribution in [0.4, 0.5) is 0 Å². The Morgan fingerprint density at radius 1 is 1.29 bits per heavy atom. The standard InChI is InChI=1S/C15H19NO/c1-11-15(9-6-12(17)7-10-15)13-5-3-4-8-14(13,2)16-11/h6-7,9-10,13H,3-5,8H2,1-2H3/p+1/t13-,14+/m0/s1. The molecule has 1 N–H and O–H groups in total. The summed E-state index contributed by atoms with van der Waals surface area (Å²) in [6.07, 6.45) is 12.9. The fourth-order valence-corrected chi connectivity index (χ4v) is 4.08. The van der Waals surface area contributed by atoms with Gasteiger partial charge in [-0.25, -0.2) is 4.99 Å². The van der Waals surface area contributed by atoms with Gasteiger partial charge in [-0.05, 0) is 25.0 Å². The van der Waals surface area contributed by atoms with E-state index in [2.05, 4.69) is 31.0 Å². The molecule has 2 aliphatic carbocycles. The van der Waals surface area contributed by atoms with E-state index in [4.69, 9.17) is 0 Å². The maximum absolute atomic E-state index is 11.3. The molecule has 1 spiro atoms. The van der Waals surface area contributed by atoms with Gasteiger partial charge in [0.1, 0.15) is 0 Å². The minimum Gasteiger partial charge on any atom is -0.290 e. The fourth-order valence-electron chi connectivity index (χ4n) is 4.08. The van der Waals surface area contributed by atoms with Crippen molar-refractivity contribution in [2.75, 3.05) is 0 Å². The monoisotopic (exact) mass is 230 g/mol. The Labute approximate surface area is 103 Å². The lowest BCUT2D eigenvalue weighted by molar-refractivity contribution is -0.552. The number of rotatable bonds is 0. The third-order valence-electron chi connectivity index (χ3n) is 4.95. The zero-order valence-corrected chi connectivity index (χ0v) is 10.6. The van der Waals surface area contributed by atoms with Crippen LogP contribution in [-0.4, -0.2) is 17.0 Å². The zero-order chi connectivity index (χ0) is 12.1. The molecule has 1 heterocycles. The van der Waals surface area contributed by atoms with Crippen LogP contribution in [0.25, 0.3) is 0 Å². The highest BCUT2D eigenvalue weighted by Gasteiger charge is 2.59. The lowest BCUT2D eigenvalue weighted by Crippen LogP contribution is -2.84. The van der Waals surface area contributed by atoms with Gasteiger partial charge >= 0.3 is 0 Å². The average molecular weight is 230 g/mol. The van der Waals surface area contributed by atoms with Gasteiger partial charge in [0.05, 0.1) is 5.41 Å². The van der Waals surface area contributed by atoms with Crippen molar-refractivity contribution in [3.05, 3.63) is 24.3 Å². The molecule has 1 fully saturated rings. The molecular formula is C15H20NO+. The minimum absolute atomic E-state index is 0.0108. The van der Waals surface area contributed by atoms with Gasteiger partial charge in [-0.2, -0.15) is 0 Å². The number of hydrogen-bond acceptors (Lipinski definition) is 1. The van der Waals surface area contributed by atoms with Crippen LogP contribution in [0.5, 0.6) is 0 Å². The van der Waals surface area contributed by atoms with Crippen LogP contribution in [0.2, 0.25) is 0 Å². The van der Waals surface area contributed by atoms with E-state index < -0.39 is 0 Å². The van der Waals surface area contributed by atoms with Crippen LogP contribution >= 0.6 is 0 Å². The average Bonchev–Trinajstić information content (AvgIpc) is 2.51. The first-order chi connectivity index (χ1) is 8.07. The molecule has 0 amide bonds. The molecule has 0 aromatic heterocycles. The topological polar surface area (TPSA) is 31.0 Å². The van der Waals surface area contributed by atoms with Crippen LogP contribution in [0.15, 0.2) is 24.3 Å². The van der Waals surface area contributed by atoms with Crippen molar-refractivity contribution in [3.8, 4) is 0 Å². The van der Waals surface area contributed by atoms with Gasteiger partial charge in [0.25, 0.3) is 0 Å². The Balaban J connectivity index is 2.07. The summed E-state index contributed by atoms with van der Waals surface area (Å²) in [7, 11) is 0. The summed E-state index contributed by atoms with van der Waals surface area (Å²) in [5.41, 5.74) is 1.52. The number of hydrogen-bond donors (Lipinski definition) is 1. The molecular weight excluding hydrogens is 210 g/mol. The first kappa shape index (κ1) is 10.9. The van der Waals surface area contributed by atoms with Crippen molar-refractivity contribution >= 4 is 11.5 Å². The smallest absolute Gasteiger partial charge is 0.178 e. The highest BCUT2D eigenvalue weighted by molar-refractivity contribution is 6.03. The molecule has 0 aromatic rings. The lowest BCUT2D eigenvalue weighted by atomic mass is 9.61. The Hall–Kier alpha value is -1.18. The number of ketones is 1. The SMILES string of the molecule is CC1=[NH+][C@]2(C)CCCC[C@@H]2C12C=CC(=O)C=C2. The molecule has 0 aromatic carbocycles. The highest BCUT2D eigenvalue weighted by atomic mass is 16.1. The van der Waals surface area contributed by atoms with E-state index in [1.165, 1.54) is 31.4 Å². The lowest BCUT2D eigenvalue weighted by Gasteiger charge is -2.37. The number of allylic oxidation sites excluding steroid dienone is 4. The van der Waals surface area contributed by atoms with Gasteiger partial charge < -0.3 is 0 Å². The summed E-state index contributed by atoms with van der Waals surface area (Å²) in [5, 5.41) is 0. The first-order valence-corrected chi connectivity index (χ1v) is 6.61. The normalized spacial score (nSPS) is 38.4. The molecule has 3 rings (SSSR count). The molecule has 90 valence electrons. The van der Waals surface area contributed by atoms with Gasteiger partial charge in [0.2, 0.25) is 0 Å². The predicted molar refractivity (Wildman–Crippen MR) is 67.7 cm³/mol. The van der Waals surface area contributed by atoms with Crippen LogP contribution in [0, 0.1) is 11.3 Å². The van der Waals surface area contributed by atoms with E-state index in [9.17, 15) is 4.79 Å². The Kier molecular flexibility index (Phi) is 2.19. The van der Waals surface area contributed by atoms with Gasteiger partial charge in [0.15, 0.2) is 17.0 Å². The van der Waals surface area contributed by atoms with Gasteiger partial charge in [-0.15, -0.1) is 0 Å². The second kappa shape index (κ2) is 3.41. The van der Waals surface area contributed by atoms with Gasteiger partial charge in [0, 0.05) is 26.2 Å². The summed E-state index contributed by atoms with van der Waals surface area (Å²) in [6, 6.07) is 0. The molecule has 1 saturated carbocycles. The summed E-state index contributed by atoms with van der Waals surface area (Å²) in [4.78, 5) is 15.1. The molecule has 17 heavy (non-hydrogen) atoms. The number of carbonyl (C=O) groups excluding carboxylic acids is 1. The first-order valence-electron chi connectivity index (χ1n) is 6.61. The van der Waals surface area contributed by atoms with Crippen molar-refractivity contribution in [2.24, 2.45) is 11.3 Å². The number of nitrogens with one attached hydrogen (secondary N) is 1. The number of fused-ring (bicyclic) bond motifs is 2. The molecule has 0 bridgehead atoms. The predicted octanol–water partition coefficient (Wildman–Crippen LogP) is 1.17. The van der Waals surface area contributed by atoms with Crippen molar-refractivity contribution in [2.45, 2.75) is 45.1 Å². The molecule has 0 unspecified atom stereocenters. The summed E-state index contributed by atoms with van der Waals surface area (Å²) >= 11 is 0. The quantitative estimate of drug-likeness (QED) is 0.665. The maximum Gasteiger partial charge on any atom is 0.178 e. The summed E-state index contributed by atoms with van der Waals surface area (Å²) in [5.74, 6) is 0.720. The highest BCUT2D eigenvalue weighted by Crippen LogP contribution is 2.48. The van der Waals surface area contributed by atoms with Crippen LogP contribution in [-0.2, 0) is 4.79 Å². The maximum atomic E-state index is 11.3. The van der Waals surface area contributed by atoms with Gasteiger partial charge in [-0.1, -0.05) is 18.6 Å². The van der Waals surface area contributed by atoms with Crippen LogP contribution in [0.1, 0.15) is 39.5 Å². The molecule has 2 heteroatoms. The fraction of sp³-hybridized carbons (Fsp3) is 0.600. The Morgan fingerprint density at radius 3 is 2.71 bits per heavy atom. The van der Waals surface area contributed by atoms with E-state index in [1.54, 1.807) is 12.2 Å². The Bertz CT molecular complexity index is 442. The van der Waals surface area contributed by atoms with Crippen molar-refractivity contribution in [1.29, 1.82) is 0 Å².